The first kappa shape index (κ1) is 22.6. The van der Waals surface area contributed by atoms with Crippen molar-refractivity contribution < 1.29 is 13.9 Å². The molecule has 192 valence electrons. The maximum absolute atomic E-state index is 15.2. The second-order valence-corrected chi connectivity index (χ2v) is 9.67. The van der Waals surface area contributed by atoms with Gasteiger partial charge in [-0.05, 0) is 59.4 Å². The molecule has 5 heterocycles. The van der Waals surface area contributed by atoms with Crippen LogP contribution >= 0.6 is 0 Å². The molecule has 0 radical (unpaired) electrons. The smallest absolute Gasteiger partial charge is 0.269 e. The molecule has 12 heteroatoms. The number of ether oxygens (including phenoxy) is 1. The highest BCUT2D eigenvalue weighted by atomic mass is 19.1. The molecule has 2 aliphatic rings. The number of tetrazole rings is 1. The Kier molecular flexibility index (Phi) is 5.20. The lowest BCUT2D eigenvalue weighted by Crippen LogP contribution is -2.27. The lowest BCUT2D eigenvalue weighted by Gasteiger charge is -2.16. The number of hydrogen-bond acceptors (Lipinski definition) is 7. The van der Waals surface area contributed by atoms with Crippen LogP contribution in [0.2, 0.25) is 0 Å². The number of aryl methyl sites for hydroxylation is 1. The third kappa shape index (κ3) is 3.71. The lowest BCUT2D eigenvalue weighted by molar-refractivity contribution is 0.0940. The Morgan fingerprint density at radius 2 is 2.08 bits per heavy atom. The van der Waals surface area contributed by atoms with Gasteiger partial charge in [-0.3, -0.25) is 4.79 Å². The fourth-order valence-corrected chi connectivity index (χ4v) is 5.28. The number of imidazole rings is 2. The number of nitrogens with one attached hydrogen (secondary N) is 1. The van der Waals surface area contributed by atoms with E-state index < -0.39 is 5.82 Å². The van der Waals surface area contributed by atoms with Crippen molar-refractivity contribution in [2.24, 2.45) is 0 Å². The number of rotatable bonds is 7. The zero-order valence-corrected chi connectivity index (χ0v) is 20.6. The quantitative estimate of drug-likeness (QED) is 0.356. The molecule has 1 saturated carbocycles. The minimum atomic E-state index is -0.590. The molecule has 1 amide bonds. The van der Waals surface area contributed by atoms with Gasteiger partial charge in [0, 0.05) is 30.9 Å². The van der Waals surface area contributed by atoms with Crippen molar-refractivity contribution in [3.8, 4) is 11.4 Å². The molecule has 1 aliphatic carbocycles. The Morgan fingerprint density at radius 1 is 1.18 bits per heavy atom. The number of carbonyl (C=O) groups is 1. The van der Waals surface area contributed by atoms with Gasteiger partial charge in [0.2, 0.25) is 0 Å². The molecule has 0 bridgehead atoms. The average molecular weight is 514 g/mol. The number of carbonyl (C=O) groups excluding carboxylic acids is 1. The third-order valence-corrected chi connectivity index (χ3v) is 7.37. The van der Waals surface area contributed by atoms with Gasteiger partial charge in [0.05, 0.1) is 30.7 Å². The van der Waals surface area contributed by atoms with Crippen LogP contribution in [-0.4, -0.2) is 52.2 Å². The summed E-state index contributed by atoms with van der Waals surface area (Å²) in [4.78, 5) is 22.7. The van der Waals surface area contributed by atoms with Crippen LogP contribution in [0.1, 0.15) is 64.4 Å². The van der Waals surface area contributed by atoms with Crippen molar-refractivity contribution >= 4 is 11.6 Å². The van der Waals surface area contributed by atoms with Gasteiger partial charge in [-0.1, -0.05) is 6.07 Å². The number of nitrogens with zero attached hydrogens (tertiary/aromatic N) is 8. The number of methoxy groups -OCH3 is 1. The van der Waals surface area contributed by atoms with Gasteiger partial charge in [0.25, 0.3) is 5.91 Å². The Balaban J connectivity index is 1.17. The Hall–Kier alpha value is -4.61. The third-order valence-electron chi connectivity index (χ3n) is 7.37. The second-order valence-electron chi connectivity index (χ2n) is 9.67. The van der Waals surface area contributed by atoms with Gasteiger partial charge in [-0.2, -0.15) is 0 Å². The van der Waals surface area contributed by atoms with Crippen LogP contribution in [0.25, 0.3) is 11.3 Å². The van der Waals surface area contributed by atoms with Gasteiger partial charge >= 0.3 is 0 Å². The molecular weight excluding hydrogens is 489 g/mol. The Bertz CT molecular complexity index is 1670. The van der Waals surface area contributed by atoms with Crippen LogP contribution in [-0.2, 0) is 13.0 Å². The second kappa shape index (κ2) is 8.75. The summed E-state index contributed by atoms with van der Waals surface area (Å²) in [6, 6.07) is 7.24. The number of benzene rings is 1. The van der Waals surface area contributed by atoms with Gasteiger partial charge < -0.3 is 19.0 Å². The largest absolute Gasteiger partial charge is 0.494 e. The van der Waals surface area contributed by atoms with Crippen molar-refractivity contribution in [2.75, 3.05) is 7.11 Å². The first-order chi connectivity index (χ1) is 18.6. The van der Waals surface area contributed by atoms with Crippen molar-refractivity contribution in [2.45, 2.75) is 44.2 Å². The maximum Gasteiger partial charge on any atom is 0.269 e. The molecule has 11 nitrogen and oxygen atoms in total. The molecule has 1 unspecified atom stereocenters. The summed E-state index contributed by atoms with van der Waals surface area (Å²) < 4.78 is 25.7. The molecule has 4 aromatic heterocycles. The minimum Gasteiger partial charge on any atom is -0.494 e. The zero-order chi connectivity index (χ0) is 25.8. The fraction of sp³-hybridized carbons (Fsp3) is 0.308. The van der Waals surface area contributed by atoms with E-state index in [4.69, 9.17) is 9.72 Å². The topological polar surface area (TPSA) is 117 Å². The van der Waals surface area contributed by atoms with Gasteiger partial charge in [-0.25, -0.2) is 19.0 Å². The SMILES string of the molecule is COc1ccc(-n2cnnn2)c(CNC(=O)c2cnc3n2C(c2cn4cc(C5CC5)ccc4n2)CC3)c1F. The van der Waals surface area contributed by atoms with E-state index in [1.807, 2.05) is 10.8 Å². The van der Waals surface area contributed by atoms with Crippen LogP contribution < -0.4 is 10.1 Å². The van der Waals surface area contributed by atoms with E-state index in [1.165, 1.54) is 42.6 Å². The summed E-state index contributed by atoms with van der Waals surface area (Å²) >= 11 is 0. The Morgan fingerprint density at radius 3 is 2.87 bits per heavy atom. The van der Waals surface area contributed by atoms with E-state index in [-0.39, 0.29) is 29.8 Å². The van der Waals surface area contributed by atoms with E-state index in [9.17, 15) is 4.79 Å². The summed E-state index contributed by atoms with van der Waals surface area (Å²) in [7, 11) is 1.39. The highest BCUT2D eigenvalue weighted by molar-refractivity contribution is 5.92. The van der Waals surface area contributed by atoms with Crippen molar-refractivity contribution in [1.29, 1.82) is 0 Å². The van der Waals surface area contributed by atoms with Crippen molar-refractivity contribution in [3.63, 3.8) is 0 Å². The van der Waals surface area contributed by atoms with E-state index in [2.05, 4.69) is 48.6 Å². The van der Waals surface area contributed by atoms with Crippen LogP contribution in [0, 0.1) is 5.82 Å². The molecule has 0 spiro atoms. The van der Waals surface area contributed by atoms with E-state index in [1.54, 1.807) is 12.3 Å². The van der Waals surface area contributed by atoms with Crippen LogP contribution in [0.4, 0.5) is 4.39 Å². The highest BCUT2D eigenvalue weighted by Gasteiger charge is 2.32. The molecule has 0 saturated heterocycles. The molecule has 1 N–H and O–H groups in total. The van der Waals surface area contributed by atoms with Crippen LogP contribution in [0.5, 0.6) is 5.75 Å². The summed E-state index contributed by atoms with van der Waals surface area (Å²) in [5.41, 5.74) is 4.12. The molecule has 1 aliphatic heterocycles. The molecule has 1 atom stereocenters. The van der Waals surface area contributed by atoms with E-state index in [0.29, 0.717) is 17.3 Å². The Labute approximate surface area is 216 Å². The van der Waals surface area contributed by atoms with E-state index in [0.717, 1.165) is 30.0 Å². The van der Waals surface area contributed by atoms with Gasteiger partial charge in [-0.15, -0.1) is 5.10 Å². The van der Waals surface area contributed by atoms with Crippen molar-refractivity contribution in [3.05, 3.63) is 83.3 Å². The highest BCUT2D eigenvalue weighted by Crippen LogP contribution is 2.40. The van der Waals surface area contributed by atoms with Crippen molar-refractivity contribution in [1.82, 2.24) is 44.5 Å². The van der Waals surface area contributed by atoms with Crippen LogP contribution in [0.15, 0.2) is 49.2 Å². The molecule has 7 rings (SSSR count). The number of hydrogen-bond donors (Lipinski definition) is 1. The average Bonchev–Trinajstić information content (AvgIpc) is 3.30. The number of aromatic nitrogens is 8. The molecule has 1 aromatic carbocycles. The maximum atomic E-state index is 15.2. The number of fused-ring (bicyclic) bond motifs is 2. The summed E-state index contributed by atoms with van der Waals surface area (Å²) in [5, 5.41) is 14.0. The lowest BCUT2D eigenvalue weighted by atomic mass is 10.1. The monoisotopic (exact) mass is 513 g/mol. The van der Waals surface area contributed by atoms with Gasteiger partial charge in [0.1, 0.15) is 23.5 Å². The van der Waals surface area contributed by atoms with E-state index >= 15 is 4.39 Å². The standard InChI is InChI=1S/C26H24FN9O2/c1-38-22-7-5-19(35-14-30-32-33-35)17(25(22)27)10-29-26(37)21-11-28-23-9-6-20(36(21)23)18-13-34-12-16(15-2-3-15)4-8-24(34)31-18/h4-5,7-8,11-15,20H,2-3,6,9-10H2,1H3,(H,29,37). The first-order valence-electron chi connectivity index (χ1n) is 12.5. The predicted octanol–water partition coefficient (Wildman–Crippen LogP) is 3.00. The number of amides is 1. The summed E-state index contributed by atoms with van der Waals surface area (Å²) in [6.07, 6.45) is 11.2. The number of pyridine rings is 1. The normalized spacial score (nSPS) is 16.6. The number of halogens is 1. The summed E-state index contributed by atoms with van der Waals surface area (Å²) in [5.74, 6) is 0.599. The fourth-order valence-electron chi connectivity index (χ4n) is 5.28. The zero-order valence-electron chi connectivity index (χ0n) is 20.6. The molecular formula is C26H24FN9O2. The van der Waals surface area contributed by atoms with Crippen LogP contribution in [0.3, 0.4) is 0 Å². The minimum absolute atomic E-state index is 0.0630. The van der Waals surface area contributed by atoms with Gasteiger partial charge in [0.15, 0.2) is 11.6 Å². The molecule has 38 heavy (non-hydrogen) atoms. The predicted molar refractivity (Wildman–Crippen MR) is 133 cm³/mol. The molecule has 1 fully saturated rings. The molecule has 5 aromatic rings. The summed E-state index contributed by atoms with van der Waals surface area (Å²) in [6.45, 7) is -0.0967. The first-order valence-corrected chi connectivity index (χ1v) is 12.5.